The van der Waals surface area contributed by atoms with Crippen LogP contribution >= 0.6 is 0 Å². The summed E-state index contributed by atoms with van der Waals surface area (Å²) in [5.41, 5.74) is 2.73. The van der Waals surface area contributed by atoms with Crippen molar-refractivity contribution >= 4 is 17.5 Å². The van der Waals surface area contributed by atoms with E-state index in [1.54, 1.807) is 24.3 Å². The van der Waals surface area contributed by atoms with E-state index in [0.717, 1.165) is 25.1 Å². The average Bonchev–Trinajstić information content (AvgIpc) is 2.60. The smallest absolute Gasteiger partial charge is 0.256 e. The van der Waals surface area contributed by atoms with Crippen molar-refractivity contribution < 1.29 is 4.79 Å². The number of carbonyl (C=O) groups excluding carboxylic acids is 1. The summed E-state index contributed by atoms with van der Waals surface area (Å²) < 4.78 is 0. The molecule has 0 atom stereocenters. The van der Waals surface area contributed by atoms with Crippen LogP contribution in [0, 0.1) is 0 Å². The van der Waals surface area contributed by atoms with Crippen molar-refractivity contribution in [1.29, 1.82) is 0 Å². The van der Waals surface area contributed by atoms with E-state index >= 15 is 0 Å². The molecule has 1 aromatic carbocycles. The Hall–Kier alpha value is -2.43. The van der Waals surface area contributed by atoms with Crippen LogP contribution in [-0.2, 0) is 0 Å². The molecule has 0 saturated heterocycles. The van der Waals surface area contributed by atoms with Crippen molar-refractivity contribution in [3.63, 3.8) is 0 Å². The maximum absolute atomic E-state index is 12.2. The van der Waals surface area contributed by atoms with E-state index in [4.69, 9.17) is 0 Å². The molecule has 2 rings (SSSR count). The van der Waals surface area contributed by atoms with Gasteiger partial charge in [0, 0.05) is 31.7 Å². The van der Waals surface area contributed by atoms with Gasteiger partial charge in [0.05, 0.1) is 5.56 Å². The highest BCUT2D eigenvalue weighted by molar-refractivity contribution is 5.93. The van der Waals surface area contributed by atoms with Gasteiger partial charge >= 0.3 is 0 Å². The first-order chi connectivity index (χ1) is 11.5. The van der Waals surface area contributed by atoms with E-state index < -0.39 is 0 Å². The van der Waals surface area contributed by atoms with Crippen LogP contribution in [0.4, 0.5) is 11.6 Å². The Morgan fingerprint density at radius 3 is 2.33 bits per heavy atom. The van der Waals surface area contributed by atoms with Crippen LogP contribution < -0.4 is 5.32 Å². The maximum Gasteiger partial charge on any atom is 0.256 e. The van der Waals surface area contributed by atoms with Crippen LogP contribution in [0.25, 0.3) is 0 Å². The zero-order valence-corrected chi connectivity index (χ0v) is 14.9. The highest BCUT2D eigenvalue weighted by atomic mass is 16.2. The number of amides is 1. The van der Waals surface area contributed by atoms with Crippen LogP contribution in [0.3, 0.4) is 0 Å². The molecule has 0 aliphatic heterocycles. The number of hydrogen-bond donors (Lipinski definition) is 1. The van der Waals surface area contributed by atoms with Gasteiger partial charge in [0.2, 0.25) is 5.95 Å². The number of hydrogen-bond acceptors (Lipinski definition) is 4. The minimum Gasteiger partial charge on any atom is -0.342 e. The molecule has 1 amide bonds. The summed E-state index contributed by atoms with van der Waals surface area (Å²) in [6, 6.07) is 8.20. The van der Waals surface area contributed by atoms with E-state index in [2.05, 4.69) is 48.2 Å². The predicted molar refractivity (Wildman–Crippen MR) is 97.7 cm³/mol. The quantitative estimate of drug-likeness (QED) is 0.828. The lowest BCUT2D eigenvalue weighted by Crippen LogP contribution is -2.27. The number of benzene rings is 1. The average molecular weight is 326 g/mol. The van der Waals surface area contributed by atoms with Crippen LogP contribution in [0.2, 0.25) is 0 Å². The minimum atomic E-state index is -0.0451. The lowest BCUT2D eigenvalue weighted by Gasteiger charge is -2.16. The number of carbonyl (C=O) groups is 1. The molecule has 1 heterocycles. The Kier molecular flexibility index (Phi) is 6.29. The van der Waals surface area contributed by atoms with Gasteiger partial charge in [0.1, 0.15) is 0 Å². The Morgan fingerprint density at radius 1 is 1.17 bits per heavy atom. The molecule has 5 nitrogen and oxygen atoms in total. The standard InChI is InChI=1S/C19H26N4O/c1-5-6-11-23(4)18(24)16-12-20-19(21-13-16)22-17-9-7-15(8-10-17)14(2)3/h7-10,12-14H,5-6,11H2,1-4H3,(H,20,21,22). The van der Waals surface area contributed by atoms with Gasteiger partial charge in [-0.1, -0.05) is 39.3 Å². The van der Waals surface area contributed by atoms with Crippen molar-refractivity contribution in [3.8, 4) is 0 Å². The summed E-state index contributed by atoms with van der Waals surface area (Å²) >= 11 is 0. The third-order valence-corrected chi connectivity index (χ3v) is 3.93. The van der Waals surface area contributed by atoms with E-state index in [1.807, 2.05) is 12.1 Å². The van der Waals surface area contributed by atoms with E-state index in [0.29, 0.717) is 17.4 Å². The van der Waals surface area contributed by atoms with Gasteiger partial charge < -0.3 is 10.2 Å². The van der Waals surface area contributed by atoms with Crippen molar-refractivity contribution in [2.24, 2.45) is 0 Å². The third-order valence-electron chi connectivity index (χ3n) is 3.93. The third kappa shape index (κ3) is 4.78. The number of rotatable bonds is 7. The molecule has 0 fully saturated rings. The maximum atomic E-state index is 12.2. The molecule has 128 valence electrons. The molecular formula is C19H26N4O. The molecule has 0 bridgehead atoms. The van der Waals surface area contributed by atoms with Crippen molar-refractivity contribution in [1.82, 2.24) is 14.9 Å². The molecule has 0 saturated carbocycles. The van der Waals surface area contributed by atoms with Gasteiger partial charge in [-0.05, 0) is 30.0 Å². The highest BCUT2D eigenvalue weighted by Gasteiger charge is 2.12. The monoisotopic (exact) mass is 326 g/mol. The van der Waals surface area contributed by atoms with Gasteiger partial charge in [-0.25, -0.2) is 9.97 Å². The molecule has 1 aromatic heterocycles. The summed E-state index contributed by atoms with van der Waals surface area (Å²) in [6.07, 6.45) is 5.20. The fraction of sp³-hybridized carbons (Fsp3) is 0.421. The second kappa shape index (κ2) is 8.43. The molecule has 24 heavy (non-hydrogen) atoms. The number of aromatic nitrogens is 2. The van der Waals surface area contributed by atoms with Gasteiger partial charge in [-0.2, -0.15) is 0 Å². The summed E-state index contributed by atoms with van der Waals surface area (Å²) in [5, 5.41) is 3.15. The first-order valence-electron chi connectivity index (χ1n) is 8.45. The Bertz CT molecular complexity index is 650. The highest BCUT2D eigenvalue weighted by Crippen LogP contribution is 2.19. The molecule has 0 radical (unpaired) electrons. The molecule has 1 N–H and O–H groups in total. The second-order valence-electron chi connectivity index (χ2n) is 6.28. The van der Waals surface area contributed by atoms with Crippen molar-refractivity contribution in [2.45, 2.75) is 39.5 Å². The molecule has 0 aliphatic rings. The molecule has 0 unspecified atom stereocenters. The minimum absolute atomic E-state index is 0.0451. The fourth-order valence-corrected chi connectivity index (χ4v) is 2.30. The normalized spacial score (nSPS) is 10.7. The summed E-state index contributed by atoms with van der Waals surface area (Å²) in [5.74, 6) is 0.946. The Balaban J connectivity index is 2.00. The second-order valence-corrected chi connectivity index (χ2v) is 6.28. The lowest BCUT2D eigenvalue weighted by molar-refractivity contribution is 0.0792. The summed E-state index contributed by atoms with van der Waals surface area (Å²) in [7, 11) is 1.81. The van der Waals surface area contributed by atoms with Gasteiger partial charge in [0.15, 0.2) is 0 Å². The molecule has 2 aromatic rings. The van der Waals surface area contributed by atoms with Crippen LogP contribution in [0.5, 0.6) is 0 Å². The van der Waals surface area contributed by atoms with Gasteiger partial charge in [0.25, 0.3) is 5.91 Å². The fourth-order valence-electron chi connectivity index (χ4n) is 2.30. The first-order valence-corrected chi connectivity index (χ1v) is 8.45. The lowest BCUT2D eigenvalue weighted by atomic mass is 10.0. The van der Waals surface area contributed by atoms with Crippen LogP contribution in [-0.4, -0.2) is 34.4 Å². The Morgan fingerprint density at radius 2 is 1.79 bits per heavy atom. The van der Waals surface area contributed by atoms with Gasteiger partial charge in [-0.3, -0.25) is 4.79 Å². The number of anilines is 2. The van der Waals surface area contributed by atoms with E-state index in [-0.39, 0.29) is 5.91 Å². The number of nitrogens with one attached hydrogen (secondary N) is 1. The SMILES string of the molecule is CCCCN(C)C(=O)c1cnc(Nc2ccc(C(C)C)cc2)nc1. The molecule has 0 aliphatic carbocycles. The first kappa shape index (κ1) is 17.9. The van der Waals surface area contributed by atoms with E-state index in [9.17, 15) is 4.79 Å². The zero-order chi connectivity index (χ0) is 17.5. The van der Waals surface area contributed by atoms with Crippen LogP contribution in [0.15, 0.2) is 36.7 Å². The van der Waals surface area contributed by atoms with Crippen molar-refractivity contribution in [2.75, 3.05) is 18.9 Å². The predicted octanol–water partition coefficient (Wildman–Crippen LogP) is 4.22. The van der Waals surface area contributed by atoms with E-state index in [1.165, 1.54) is 5.56 Å². The van der Waals surface area contributed by atoms with Crippen molar-refractivity contribution in [3.05, 3.63) is 47.8 Å². The van der Waals surface area contributed by atoms with Crippen LogP contribution in [0.1, 0.15) is 55.5 Å². The summed E-state index contributed by atoms with van der Waals surface area (Å²) in [6.45, 7) is 7.19. The number of nitrogens with zero attached hydrogens (tertiary/aromatic N) is 3. The van der Waals surface area contributed by atoms with Gasteiger partial charge in [-0.15, -0.1) is 0 Å². The zero-order valence-electron chi connectivity index (χ0n) is 14.9. The molecule has 0 spiro atoms. The molecule has 5 heteroatoms. The topological polar surface area (TPSA) is 58.1 Å². The summed E-state index contributed by atoms with van der Waals surface area (Å²) in [4.78, 5) is 22.4. The molecular weight excluding hydrogens is 300 g/mol. The Labute approximate surface area is 144 Å². The number of unbranched alkanes of at least 4 members (excludes halogenated alkanes) is 1. The largest absolute Gasteiger partial charge is 0.342 e.